The fourth-order valence-corrected chi connectivity index (χ4v) is 1.15. The van der Waals surface area contributed by atoms with Crippen molar-refractivity contribution in [2.24, 2.45) is 0 Å². The fraction of sp³-hybridized carbons (Fsp3) is 0.100. The third-order valence-corrected chi connectivity index (χ3v) is 2.00. The van der Waals surface area contributed by atoms with E-state index in [1.165, 1.54) is 0 Å². The van der Waals surface area contributed by atoms with Gasteiger partial charge in [0.2, 0.25) is 0 Å². The third kappa shape index (κ3) is 1.96. The number of Topliss-reactive ketones (excluding diaryl/α,β-unsaturated/α-hetero) is 1. The molecule has 0 fully saturated rings. The summed E-state index contributed by atoms with van der Waals surface area (Å²) in [6.07, 6.45) is 5.16. The van der Waals surface area contributed by atoms with Gasteiger partial charge in [0.15, 0.2) is 5.78 Å². The molecule has 0 bridgehead atoms. The normalized spacial score (nSPS) is 9.00. The molecule has 1 aromatic rings. The molecule has 1 rings (SSSR count). The summed E-state index contributed by atoms with van der Waals surface area (Å²) in [7, 11) is 0. The average molecular weight is 223 g/mol. The zero-order valence-corrected chi connectivity index (χ0v) is 7.97. The van der Waals surface area contributed by atoms with Gasteiger partial charge in [0, 0.05) is 11.1 Å². The topological polar surface area (TPSA) is 17.1 Å². The van der Waals surface area contributed by atoms with E-state index >= 15 is 0 Å². The van der Waals surface area contributed by atoms with Gasteiger partial charge in [-0.3, -0.25) is 4.79 Å². The van der Waals surface area contributed by atoms with Crippen molar-refractivity contribution in [3.63, 3.8) is 0 Å². The molecule has 0 aliphatic rings. The molecule has 0 amide bonds. The number of carbonyl (C=O) groups excluding carboxylic acids is 1. The second-order valence-corrected chi connectivity index (χ2v) is 2.84. The van der Waals surface area contributed by atoms with Gasteiger partial charge < -0.3 is 0 Å². The van der Waals surface area contributed by atoms with Gasteiger partial charge in [-0.2, -0.15) is 0 Å². The van der Waals surface area contributed by atoms with Crippen LogP contribution >= 0.6 is 15.9 Å². The van der Waals surface area contributed by atoms with Crippen LogP contribution in [-0.2, 0) is 0 Å². The van der Waals surface area contributed by atoms with Crippen molar-refractivity contribution in [2.75, 3.05) is 5.33 Å². The first-order valence-electron chi connectivity index (χ1n) is 3.43. The Morgan fingerprint density at radius 2 is 2.00 bits per heavy atom. The van der Waals surface area contributed by atoms with Gasteiger partial charge >= 0.3 is 0 Å². The minimum Gasteiger partial charge on any atom is -0.293 e. The fourth-order valence-electron chi connectivity index (χ4n) is 0.829. The Kier molecular flexibility index (Phi) is 3.07. The number of carbonyl (C=O) groups is 1. The smallest absolute Gasteiger partial charge is 0.173 e. The quantitative estimate of drug-likeness (QED) is 0.427. The Balaban J connectivity index is 2.94. The van der Waals surface area contributed by atoms with Crippen molar-refractivity contribution in [3.05, 3.63) is 35.4 Å². The lowest BCUT2D eigenvalue weighted by Crippen LogP contribution is -1.98. The van der Waals surface area contributed by atoms with E-state index in [-0.39, 0.29) is 5.78 Å². The first kappa shape index (κ1) is 9.02. The third-order valence-electron chi connectivity index (χ3n) is 1.49. The van der Waals surface area contributed by atoms with Crippen molar-refractivity contribution in [1.82, 2.24) is 0 Å². The summed E-state index contributed by atoms with van der Waals surface area (Å²) in [6.45, 7) is 0. The van der Waals surface area contributed by atoms with E-state index in [9.17, 15) is 4.79 Å². The summed E-state index contributed by atoms with van der Waals surface area (Å²) in [5.74, 6) is 2.56. The first-order chi connectivity index (χ1) is 5.77. The van der Waals surface area contributed by atoms with Crippen LogP contribution in [0.25, 0.3) is 0 Å². The molecule has 1 nitrogen and oxygen atoms in total. The molecule has 0 heterocycles. The van der Waals surface area contributed by atoms with Crippen LogP contribution in [0.3, 0.4) is 0 Å². The highest BCUT2D eigenvalue weighted by atomic mass is 79.9. The number of halogens is 1. The second-order valence-electron chi connectivity index (χ2n) is 2.28. The van der Waals surface area contributed by atoms with Gasteiger partial charge in [0.05, 0.1) is 5.33 Å². The van der Waals surface area contributed by atoms with E-state index in [4.69, 9.17) is 6.42 Å². The van der Waals surface area contributed by atoms with Crippen molar-refractivity contribution in [2.45, 2.75) is 0 Å². The van der Waals surface area contributed by atoms with Crippen molar-refractivity contribution in [1.29, 1.82) is 0 Å². The van der Waals surface area contributed by atoms with Gasteiger partial charge in [0.25, 0.3) is 0 Å². The maximum Gasteiger partial charge on any atom is 0.173 e. The van der Waals surface area contributed by atoms with Gasteiger partial charge in [0.1, 0.15) is 0 Å². The second kappa shape index (κ2) is 4.08. The lowest BCUT2D eigenvalue weighted by Gasteiger charge is -1.95. The molecule has 60 valence electrons. The Morgan fingerprint density at radius 3 is 2.42 bits per heavy atom. The molecule has 0 saturated heterocycles. The standard InChI is InChI=1S/C10H7BrO/c1-2-8-3-5-9(6-4-8)10(12)7-11/h1,3-6H,7H2. The van der Waals surface area contributed by atoms with Crippen LogP contribution in [0.1, 0.15) is 15.9 Å². The molecular weight excluding hydrogens is 216 g/mol. The van der Waals surface area contributed by atoms with E-state index in [0.29, 0.717) is 10.9 Å². The van der Waals surface area contributed by atoms with E-state index in [2.05, 4.69) is 21.9 Å². The maximum atomic E-state index is 11.1. The number of hydrogen-bond donors (Lipinski definition) is 0. The molecule has 0 N–H and O–H groups in total. The zero-order valence-electron chi connectivity index (χ0n) is 6.38. The average Bonchev–Trinajstić information content (AvgIpc) is 2.17. The molecule has 12 heavy (non-hydrogen) atoms. The lowest BCUT2D eigenvalue weighted by atomic mass is 10.1. The lowest BCUT2D eigenvalue weighted by molar-refractivity contribution is 0.102. The van der Waals surface area contributed by atoms with Gasteiger partial charge in [-0.25, -0.2) is 0 Å². The summed E-state index contributed by atoms with van der Waals surface area (Å²) < 4.78 is 0. The van der Waals surface area contributed by atoms with Crippen molar-refractivity contribution >= 4 is 21.7 Å². The molecule has 0 aliphatic carbocycles. The number of alkyl halides is 1. The highest BCUT2D eigenvalue weighted by Crippen LogP contribution is 2.05. The van der Waals surface area contributed by atoms with E-state index in [1.54, 1.807) is 24.3 Å². The molecule has 0 unspecified atom stereocenters. The number of benzene rings is 1. The van der Waals surface area contributed by atoms with Crippen LogP contribution in [0.5, 0.6) is 0 Å². The van der Waals surface area contributed by atoms with Gasteiger partial charge in [-0.15, -0.1) is 6.42 Å². The van der Waals surface area contributed by atoms with Crippen LogP contribution in [0.15, 0.2) is 24.3 Å². The summed E-state index contributed by atoms with van der Waals surface area (Å²) in [6, 6.07) is 6.99. The maximum absolute atomic E-state index is 11.1. The van der Waals surface area contributed by atoms with Crippen LogP contribution in [-0.4, -0.2) is 11.1 Å². The van der Waals surface area contributed by atoms with E-state index in [1.807, 2.05) is 0 Å². The van der Waals surface area contributed by atoms with Crippen molar-refractivity contribution in [3.8, 4) is 12.3 Å². The Hall–Kier alpha value is -1.07. The number of ketones is 1. The van der Waals surface area contributed by atoms with Crippen molar-refractivity contribution < 1.29 is 4.79 Å². The highest BCUT2D eigenvalue weighted by Gasteiger charge is 2.01. The number of rotatable bonds is 2. The molecule has 2 heteroatoms. The van der Waals surface area contributed by atoms with Gasteiger partial charge in [-0.05, 0) is 12.1 Å². The van der Waals surface area contributed by atoms with Crippen LogP contribution < -0.4 is 0 Å². The monoisotopic (exact) mass is 222 g/mol. The van der Waals surface area contributed by atoms with Crippen LogP contribution in [0.4, 0.5) is 0 Å². The largest absolute Gasteiger partial charge is 0.293 e. The molecule has 0 aliphatic heterocycles. The minimum absolute atomic E-state index is 0.0681. The Morgan fingerprint density at radius 1 is 1.42 bits per heavy atom. The first-order valence-corrected chi connectivity index (χ1v) is 4.56. The summed E-state index contributed by atoms with van der Waals surface area (Å²) in [4.78, 5) is 11.1. The predicted octanol–water partition coefficient (Wildman–Crippen LogP) is 2.25. The molecule has 0 aromatic heterocycles. The predicted molar refractivity (Wildman–Crippen MR) is 52.5 cm³/mol. The molecule has 1 aromatic carbocycles. The molecule has 0 radical (unpaired) electrons. The SMILES string of the molecule is C#Cc1ccc(C(=O)CBr)cc1. The molecular formula is C10H7BrO. The highest BCUT2D eigenvalue weighted by molar-refractivity contribution is 9.09. The number of hydrogen-bond acceptors (Lipinski definition) is 1. The molecule has 0 spiro atoms. The summed E-state index contributed by atoms with van der Waals surface area (Å²) in [5.41, 5.74) is 1.48. The van der Waals surface area contributed by atoms with E-state index in [0.717, 1.165) is 5.56 Å². The summed E-state index contributed by atoms with van der Waals surface area (Å²) in [5, 5.41) is 0.350. The number of terminal acetylenes is 1. The van der Waals surface area contributed by atoms with E-state index < -0.39 is 0 Å². The Labute approximate surface area is 79.9 Å². The minimum atomic E-state index is 0.0681. The van der Waals surface area contributed by atoms with Crippen LogP contribution in [0, 0.1) is 12.3 Å². The molecule has 0 atom stereocenters. The van der Waals surface area contributed by atoms with Gasteiger partial charge in [-0.1, -0.05) is 34.0 Å². The zero-order chi connectivity index (χ0) is 8.97. The Bertz CT molecular complexity index is 319. The molecule has 0 saturated carbocycles. The van der Waals surface area contributed by atoms with Crippen LogP contribution in [0.2, 0.25) is 0 Å². The summed E-state index contributed by atoms with van der Waals surface area (Å²) >= 11 is 3.10.